The second-order valence-corrected chi connectivity index (χ2v) is 10.2. The van der Waals surface area contributed by atoms with Gasteiger partial charge in [-0.2, -0.15) is 0 Å². The summed E-state index contributed by atoms with van der Waals surface area (Å²) < 4.78 is 23.2. The minimum atomic E-state index is -0.924. The quantitative estimate of drug-likeness (QED) is 0.761. The van der Waals surface area contributed by atoms with Crippen molar-refractivity contribution >= 4 is 23.5 Å². The molecule has 5 atom stereocenters. The van der Waals surface area contributed by atoms with Gasteiger partial charge in [0.05, 0.1) is 11.2 Å². The number of thioether (sulfide) groups is 2. The van der Waals surface area contributed by atoms with Gasteiger partial charge in [-0.1, -0.05) is 0 Å². The third kappa shape index (κ3) is 4.23. The Morgan fingerprint density at radius 2 is 1.46 bits per heavy atom. The molecule has 0 amide bonds. The van der Waals surface area contributed by atoms with E-state index < -0.39 is 42.1 Å². The van der Waals surface area contributed by atoms with Crippen molar-refractivity contribution in [1.29, 1.82) is 0 Å². The molecule has 0 radical (unpaired) electrons. The highest BCUT2D eigenvalue weighted by atomic mass is 32.2. The van der Waals surface area contributed by atoms with E-state index in [0.717, 1.165) is 17.9 Å². The molecule has 3 aliphatic rings. The van der Waals surface area contributed by atoms with Crippen LogP contribution in [0.5, 0.6) is 0 Å². The molecule has 3 aliphatic heterocycles. The zero-order valence-electron chi connectivity index (χ0n) is 14.6. The van der Waals surface area contributed by atoms with E-state index in [0.29, 0.717) is 6.61 Å². The lowest BCUT2D eigenvalue weighted by Gasteiger charge is -2.33. The maximum atomic E-state index is 10.8. The third-order valence-corrected chi connectivity index (χ3v) is 7.46. The number of aliphatic hydroxyl groups excluding tert-OH is 2. The van der Waals surface area contributed by atoms with Crippen molar-refractivity contribution in [1.82, 2.24) is 0 Å². The molecular weight excluding hydrogens is 352 g/mol. The van der Waals surface area contributed by atoms with Crippen molar-refractivity contribution in [2.24, 2.45) is 0 Å². The molecule has 0 aromatic rings. The summed E-state index contributed by atoms with van der Waals surface area (Å²) in [6, 6.07) is 0. The Balaban J connectivity index is 1.71. The molecule has 3 rings (SSSR count). The first-order valence-electron chi connectivity index (χ1n) is 8.45. The summed E-state index contributed by atoms with van der Waals surface area (Å²) in [6.45, 7) is 7.53. The van der Waals surface area contributed by atoms with E-state index in [9.17, 15) is 10.2 Å². The van der Waals surface area contributed by atoms with Crippen LogP contribution in [0.25, 0.3) is 0 Å². The fourth-order valence-electron chi connectivity index (χ4n) is 3.30. The molecule has 0 saturated carbocycles. The van der Waals surface area contributed by atoms with Gasteiger partial charge in [-0.3, -0.25) is 0 Å². The van der Waals surface area contributed by atoms with Crippen molar-refractivity contribution in [3.8, 4) is 0 Å². The average molecular weight is 381 g/mol. The van der Waals surface area contributed by atoms with Gasteiger partial charge in [-0.05, 0) is 45.6 Å². The predicted molar refractivity (Wildman–Crippen MR) is 94.1 cm³/mol. The summed E-state index contributed by atoms with van der Waals surface area (Å²) in [6.07, 6.45) is -2.22. The van der Waals surface area contributed by atoms with Crippen LogP contribution in [-0.4, -0.2) is 75.0 Å². The van der Waals surface area contributed by atoms with E-state index in [1.54, 1.807) is 37.4 Å². The molecule has 3 heterocycles. The minimum Gasteiger partial charge on any atom is -0.388 e. The Kier molecular flexibility index (Phi) is 5.79. The lowest BCUT2D eigenvalue weighted by Crippen LogP contribution is -2.50. The van der Waals surface area contributed by atoms with Gasteiger partial charge in [0.1, 0.15) is 30.5 Å². The molecule has 3 saturated heterocycles. The molecule has 0 aromatic carbocycles. The van der Waals surface area contributed by atoms with Crippen molar-refractivity contribution in [3.63, 3.8) is 0 Å². The van der Waals surface area contributed by atoms with Gasteiger partial charge in [0.15, 0.2) is 11.6 Å². The van der Waals surface area contributed by atoms with Crippen molar-refractivity contribution in [3.05, 3.63) is 0 Å². The molecule has 0 aliphatic carbocycles. The molecule has 0 spiro atoms. The van der Waals surface area contributed by atoms with Gasteiger partial charge in [-0.15, -0.1) is 23.5 Å². The largest absolute Gasteiger partial charge is 0.388 e. The molecular formula is C16H28O6S2. The maximum absolute atomic E-state index is 10.8. The smallest absolute Gasteiger partial charge is 0.164 e. The van der Waals surface area contributed by atoms with Gasteiger partial charge in [0.2, 0.25) is 0 Å². The van der Waals surface area contributed by atoms with Gasteiger partial charge in [-0.25, -0.2) is 0 Å². The van der Waals surface area contributed by atoms with E-state index in [1.165, 1.54) is 0 Å². The van der Waals surface area contributed by atoms with Crippen LogP contribution < -0.4 is 0 Å². The van der Waals surface area contributed by atoms with Gasteiger partial charge < -0.3 is 29.2 Å². The van der Waals surface area contributed by atoms with Crippen LogP contribution in [0.3, 0.4) is 0 Å². The summed E-state index contributed by atoms with van der Waals surface area (Å²) >= 11 is 3.49. The van der Waals surface area contributed by atoms with Crippen LogP contribution in [0.15, 0.2) is 0 Å². The molecule has 0 unspecified atom stereocenters. The number of rotatable bonds is 4. The SMILES string of the molecule is CC1(C)O[C@@H]([C@@H](O)C2SCCCS2)[C@H]([C@H](O)[C@H]2COC(C)(C)O2)O1. The second-order valence-electron chi connectivity index (χ2n) is 7.38. The van der Waals surface area contributed by atoms with Crippen LogP contribution in [0.2, 0.25) is 0 Å². The molecule has 24 heavy (non-hydrogen) atoms. The van der Waals surface area contributed by atoms with Crippen molar-refractivity contribution in [2.45, 2.75) is 80.8 Å². The Morgan fingerprint density at radius 3 is 2.00 bits per heavy atom. The highest BCUT2D eigenvalue weighted by molar-refractivity contribution is 8.17. The summed E-state index contributed by atoms with van der Waals surface area (Å²) in [4.78, 5) is 0. The molecule has 6 nitrogen and oxygen atoms in total. The Morgan fingerprint density at radius 1 is 0.875 bits per heavy atom. The lowest BCUT2D eigenvalue weighted by molar-refractivity contribution is -0.179. The summed E-state index contributed by atoms with van der Waals surface area (Å²) in [5.74, 6) is 0.499. The third-order valence-electron chi connectivity index (χ3n) is 4.38. The minimum absolute atomic E-state index is 0.0353. The second kappa shape index (κ2) is 7.23. The summed E-state index contributed by atoms with van der Waals surface area (Å²) in [5.41, 5.74) is 0. The van der Waals surface area contributed by atoms with E-state index in [2.05, 4.69) is 0 Å². The number of aliphatic hydroxyl groups is 2. The number of hydrogen-bond acceptors (Lipinski definition) is 8. The van der Waals surface area contributed by atoms with Crippen LogP contribution in [0.1, 0.15) is 34.1 Å². The van der Waals surface area contributed by atoms with Gasteiger partial charge in [0.25, 0.3) is 0 Å². The maximum Gasteiger partial charge on any atom is 0.164 e. The fraction of sp³-hybridized carbons (Fsp3) is 1.00. The standard InChI is InChI=1S/C16H28O6S2/c1-15(2)19-8-9(20-15)10(17)12-13(22-16(3,4)21-12)11(18)14-23-6-5-7-24-14/h9-14,17-18H,5-8H2,1-4H3/t9-,10-,11-,12+,13+/m1/s1. The zero-order chi connectivity index (χ0) is 17.5. The molecule has 140 valence electrons. The number of ether oxygens (including phenoxy) is 4. The molecule has 0 bridgehead atoms. The molecule has 2 N–H and O–H groups in total. The van der Waals surface area contributed by atoms with E-state index in [1.807, 2.05) is 13.8 Å². The monoisotopic (exact) mass is 380 g/mol. The first-order valence-corrected chi connectivity index (χ1v) is 10.5. The van der Waals surface area contributed by atoms with E-state index >= 15 is 0 Å². The highest BCUT2D eigenvalue weighted by Gasteiger charge is 2.53. The summed E-state index contributed by atoms with van der Waals surface area (Å²) in [5, 5.41) is 21.6. The topological polar surface area (TPSA) is 77.4 Å². The van der Waals surface area contributed by atoms with Crippen LogP contribution in [0.4, 0.5) is 0 Å². The predicted octanol–water partition coefficient (Wildman–Crippen LogP) is 1.58. The Labute approximate surface area is 151 Å². The fourth-order valence-corrected chi connectivity index (χ4v) is 6.23. The normalized spacial score (nSPS) is 39.0. The molecule has 0 aromatic heterocycles. The average Bonchev–Trinajstić information content (AvgIpc) is 3.05. The van der Waals surface area contributed by atoms with Crippen molar-refractivity contribution < 1.29 is 29.2 Å². The van der Waals surface area contributed by atoms with Gasteiger partial charge >= 0.3 is 0 Å². The van der Waals surface area contributed by atoms with E-state index in [-0.39, 0.29) is 4.58 Å². The summed E-state index contributed by atoms with van der Waals surface area (Å²) in [7, 11) is 0. The highest BCUT2D eigenvalue weighted by Crippen LogP contribution is 2.41. The van der Waals surface area contributed by atoms with Crippen LogP contribution in [0, 0.1) is 0 Å². The zero-order valence-corrected chi connectivity index (χ0v) is 16.3. The Hall–Kier alpha value is 0.460. The van der Waals surface area contributed by atoms with E-state index in [4.69, 9.17) is 18.9 Å². The molecule has 3 fully saturated rings. The first-order chi connectivity index (χ1) is 11.2. The lowest BCUT2D eigenvalue weighted by atomic mass is 10.00. The van der Waals surface area contributed by atoms with Crippen LogP contribution in [-0.2, 0) is 18.9 Å². The first kappa shape index (κ1) is 19.2. The Bertz CT molecular complexity index is 440. The number of hydrogen-bond donors (Lipinski definition) is 2. The van der Waals surface area contributed by atoms with Crippen molar-refractivity contribution in [2.75, 3.05) is 18.1 Å². The van der Waals surface area contributed by atoms with Gasteiger partial charge in [0, 0.05) is 0 Å². The molecule has 8 heteroatoms. The van der Waals surface area contributed by atoms with Crippen LogP contribution >= 0.6 is 23.5 Å².